The lowest BCUT2D eigenvalue weighted by atomic mass is 10.2. The summed E-state index contributed by atoms with van der Waals surface area (Å²) in [5.41, 5.74) is -0.310. The molecule has 7 nitrogen and oxygen atoms in total. The van der Waals surface area contributed by atoms with E-state index in [1.54, 1.807) is 6.92 Å². The first-order chi connectivity index (χ1) is 9.45. The van der Waals surface area contributed by atoms with Gasteiger partial charge in [0.1, 0.15) is 6.04 Å². The number of hydrogen-bond donors (Lipinski definition) is 2. The Hall–Kier alpha value is -2.22. The SMILES string of the molecule is COCCNC(=O)C(C)Nc1ccc([N+](=O)[O-])cc1F. The van der Waals surface area contributed by atoms with Gasteiger partial charge in [0, 0.05) is 19.7 Å². The summed E-state index contributed by atoms with van der Waals surface area (Å²) in [6, 6.07) is 2.52. The van der Waals surface area contributed by atoms with Gasteiger partial charge in [-0.05, 0) is 13.0 Å². The molecule has 2 N–H and O–H groups in total. The fourth-order valence-corrected chi connectivity index (χ4v) is 1.46. The van der Waals surface area contributed by atoms with Gasteiger partial charge in [-0.2, -0.15) is 0 Å². The molecule has 0 aliphatic carbocycles. The zero-order chi connectivity index (χ0) is 15.1. The van der Waals surface area contributed by atoms with Crippen molar-refractivity contribution < 1.29 is 18.8 Å². The molecule has 0 saturated heterocycles. The number of nitrogens with one attached hydrogen (secondary N) is 2. The number of nitrogens with zero attached hydrogens (tertiary/aromatic N) is 1. The van der Waals surface area contributed by atoms with Gasteiger partial charge in [-0.3, -0.25) is 14.9 Å². The number of amides is 1. The number of hydrogen-bond acceptors (Lipinski definition) is 5. The maximum absolute atomic E-state index is 13.6. The lowest BCUT2D eigenvalue weighted by Crippen LogP contribution is -2.39. The van der Waals surface area contributed by atoms with Crippen LogP contribution in [0.1, 0.15) is 6.92 Å². The molecule has 1 aromatic rings. The van der Waals surface area contributed by atoms with Crippen LogP contribution in [0.3, 0.4) is 0 Å². The number of carbonyl (C=O) groups excluding carboxylic acids is 1. The number of methoxy groups -OCH3 is 1. The van der Waals surface area contributed by atoms with Crippen LogP contribution in [0.2, 0.25) is 0 Å². The van der Waals surface area contributed by atoms with Gasteiger partial charge in [0.05, 0.1) is 23.3 Å². The first-order valence-electron chi connectivity index (χ1n) is 5.93. The second-order valence-electron chi connectivity index (χ2n) is 4.07. The van der Waals surface area contributed by atoms with E-state index in [0.717, 1.165) is 6.07 Å². The van der Waals surface area contributed by atoms with E-state index >= 15 is 0 Å². The molecule has 0 radical (unpaired) electrons. The summed E-state index contributed by atoms with van der Waals surface area (Å²) in [7, 11) is 1.51. The summed E-state index contributed by atoms with van der Waals surface area (Å²) < 4.78 is 18.4. The van der Waals surface area contributed by atoms with Crippen molar-refractivity contribution >= 4 is 17.3 Å². The number of anilines is 1. The highest BCUT2D eigenvalue weighted by Gasteiger charge is 2.16. The molecule has 110 valence electrons. The van der Waals surface area contributed by atoms with Crippen LogP contribution in [-0.4, -0.2) is 37.1 Å². The Morgan fingerprint density at radius 3 is 2.80 bits per heavy atom. The van der Waals surface area contributed by atoms with Gasteiger partial charge in [0.15, 0.2) is 5.82 Å². The standard InChI is InChI=1S/C12H16FN3O4/c1-8(12(17)14-5-6-20-2)15-11-4-3-9(16(18)19)7-10(11)13/h3-4,7-8,15H,5-6H2,1-2H3,(H,14,17). The Kier molecular flexibility index (Phi) is 5.85. The van der Waals surface area contributed by atoms with Crippen molar-refractivity contribution in [3.63, 3.8) is 0 Å². The fourth-order valence-electron chi connectivity index (χ4n) is 1.46. The normalized spacial score (nSPS) is 11.8. The smallest absolute Gasteiger partial charge is 0.272 e. The van der Waals surface area contributed by atoms with Gasteiger partial charge >= 0.3 is 0 Å². The molecule has 0 heterocycles. The van der Waals surface area contributed by atoms with E-state index in [-0.39, 0.29) is 17.3 Å². The molecule has 1 amide bonds. The highest BCUT2D eigenvalue weighted by Crippen LogP contribution is 2.20. The molecule has 1 aromatic carbocycles. The number of non-ortho nitro benzene ring substituents is 1. The Morgan fingerprint density at radius 1 is 1.55 bits per heavy atom. The second kappa shape index (κ2) is 7.39. The second-order valence-corrected chi connectivity index (χ2v) is 4.07. The molecule has 0 aromatic heterocycles. The van der Waals surface area contributed by atoms with Crippen molar-refractivity contribution in [2.75, 3.05) is 25.6 Å². The molecule has 1 unspecified atom stereocenters. The molecule has 0 saturated carbocycles. The minimum absolute atomic E-state index is 0.0324. The third-order valence-corrected chi connectivity index (χ3v) is 2.53. The van der Waals surface area contributed by atoms with Gasteiger partial charge in [-0.1, -0.05) is 0 Å². The molecule has 1 atom stereocenters. The van der Waals surface area contributed by atoms with E-state index in [9.17, 15) is 19.3 Å². The molecule has 0 fully saturated rings. The molecule has 0 spiro atoms. The van der Waals surface area contributed by atoms with E-state index in [2.05, 4.69) is 10.6 Å². The average Bonchev–Trinajstić information content (AvgIpc) is 2.40. The average molecular weight is 285 g/mol. The number of halogens is 1. The molecule has 1 rings (SSSR count). The van der Waals surface area contributed by atoms with E-state index in [1.165, 1.54) is 19.2 Å². The predicted octanol–water partition coefficient (Wildman–Crippen LogP) is 1.30. The van der Waals surface area contributed by atoms with Crippen molar-refractivity contribution in [1.82, 2.24) is 5.32 Å². The molecular weight excluding hydrogens is 269 g/mol. The van der Waals surface area contributed by atoms with Gasteiger partial charge < -0.3 is 15.4 Å². The van der Waals surface area contributed by atoms with Crippen molar-refractivity contribution in [3.05, 3.63) is 34.1 Å². The van der Waals surface area contributed by atoms with E-state index in [4.69, 9.17) is 4.74 Å². The monoisotopic (exact) mass is 285 g/mol. The van der Waals surface area contributed by atoms with Crippen LogP contribution in [0.4, 0.5) is 15.8 Å². The van der Waals surface area contributed by atoms with Crippen LogP contribution in [-0.2, 0) is 9.53 Å². The first kappa shape index (κ1) is 15.8. The molecule has 20 heavy (non-hydrogen) atoms. The van der Waals surface area contributed by atoms with Crippen molar-refractivity contribution in [1.29, 1.82) is 0 Å². The number of carbonyl (C=O) groups is 1. The summed E-state index contributed by atoms with van der Waals surface area (Å²) in [5, 5.41) is 15.7. The van der Waals surface area contributed by atoms with Crippen molar-refractivity contribution in [2.45, 2.75) is 13.0 Å². The Balaban J connectivity index is 2.63. The first-order valence-corrected chi connectivity index (χ1v) is 5.93. The molecule has 8 heteroatoms. The maximum atomic E-state index is 13.6. The number of ether oxygens (including phenoxy) is 1. The third-order valence-electron chi connectivity index (χ3n) is 2.53. The number of benzene rings is 1. The summed E-state index contributed by atoms with van der Waals surface area (Å²) in [6.45, 7) is 2.29. The highest BCUT2D eigenvalue weighted by molar-refractivity contribution is 5.84. The summed E-state index contributed by atoms with van der Waals surface area (Å²) in [5.74, 6) is -1.10. The van der Waals surface area contributed by atoms with Crippen LogP contribution < -0.4 is 10.6 Å². The minimum atomic E-state index is -0.782. The molecule has 0 bridgehead atoms. The number of rotatable bonds is 7. The third kappa shape index (κ3) is 4.47. The number of nitro groups is 1. The summed E-state index contributed by atoms with van der Waals surface area (Å²) in [4.78, 5) is 21.4. The molecular formula is C12H16FN3O4. The van der Waals surface area contributed by atoms with Gasteiger partial charge in [-0.15, -0.1) is 0 Å². The van der Waals surface area contributed by atoms with Gasteiger partial charge in [0.2, 0.25) is 5.91 Å². The highest BCUT2D eigenvalue weighted by atomic mass is 19.1. The van der Waals surface area contributed by atoms with Crippen LogP contribution in [0.15, 0.2) is 18.2 Å². The van der Waals surface area contributed by atoms with Gasteiger partial charge in [0.25, 0.3) is 5.69 Å². The zero-order valence-electron chi connectivity index (χ0n) is 11.2. The quantitative estimate of drug-likeness (QED) is 0.447. The molecule has 0 aliphatic heterocycles. The topological polar surface area (TPSA) is 93.5 Å². The number of nitro benzene ring substituents is 1. The fraction of sp³-hybridized carbons (Fsp3) is 0.417. The zero-order valence-corrected chi connectivity index (χ0v) is 11.2. The van der Waals surface area contributed by atoms with Gasteiger partial charge in [-0.25, -0.2) is 4.39 Å². The Morgan fingerprint density at radius 2 is 2.25 bits per heavy atom. The predicted molar refractivity (Wildman–Crippen MR) is 71.0 cm³/mol. The van der Waals surface area contributed by atoms with Crippen LogP contribution in [0.5, 0.6) is 0 Å². The summed E-state index contributed by atoms with van der Waals surface area (Å²) >= 11 is 0. The lowest BCUT2D eigenvalue weighted by molar-refractivity contribution is -0.385. The van der Waals surface area contributed by atoms with Crippen LogP contribution in [0.25, 0.3) is 0 Å². The largest absolute Gasteiger partial charge is 0.383 e. The Labute approximate surface area is 115 Å². The van der Waals surface area contributed by atoms with Crippen molar-refractivity contribution in [2.24, 2.45) is 0 Å². The summed E-state index contributed by atoms with van der Waals surface area (Å²) in [6.07, 6.45) is 0. The van der Waals surface area contributed by atoms with Crippen LogP contribution >= 0.6 is 0 Å². The minimum Gasteiger partial charge on any atom is -0.383 e. The van der Waals surface area contributed by atoms with Crippen LogP contribution in [0, 0.1) is 15.9 Å². The Bertz CT molecular complexity index is 496. The molecule has 0 aliphatic rings. The lowest BCUT2D eigenvalue weighted by Gasteiger charge is -2.15. The maximum Gasteiger partial charge on any atom is 0.272 e. The van der Waals surface area contributed by atoms with E-state index in [0.29, 0.717) is 13.2 Å². The van der Waals surface area contributed by atoms with E-state index in [1.807, 2.05) is 0 Å². The van der Waals surface area contributed by atoms with E-state index < -0.39 is 16.8 Å². The van der Waals surface area contributed by atoms with Crippen molar-refractivity contribution in [3.8, 4) is 0 Å².